The molecule has 0 aromatic rings. The maximum atomic E-state index is 11.9. The second kappa shape index (κ2) is 5.60. The zero-order valence-corrected chi connectivity index (χ0v) is 9.34. The van der Waals surface area contributed by atoms with Crippen molar-refractivity contribution in [1.82, 2.24) is 10.2 Å². The molecule has 0 fully saturated rings. The van der Waals surface area contributed by atoms with Gasteiger partial charge in [-0.2, -0.15) is 0 Å². The molecule has 0 saturated carbocycles. The van der Waals surface area contributed by atoms with E-state index in [1.165, 1.54) is 0 Å². The van der Waals surface area contributed by atoms with Crippen LogP contribution in [0.5, 0.6) is 0 Å². The summed E-state index contributed by atoms with van der Waals surface area (Å²) in [5, 5.41) is 2.98. The molecule has 0 radical (unpaired) electrons. The van der Waals surface area contributed by atoms with Crippen LogP contribution in [0.4, 0.5) is 0 Å². The number of nitrogens with one attached hydrogen (secondary N) is 1. The van der Waals surface area contributed by atoms with Crippen molar-refractivity contribution < 1.29 is 4.79 Å². The summed E-state index contributed by atoms with van der Waals surface area (Å²) in [6.07, 6.45) is 3.43. The maximum Gasteiger partial charge on any atom is 0.242 e. The summed E-state index contributed by atoms with van der Waals surface area (Å²) in [5.74, 6) is 0.0554. The van der Waals surface area contributed by atoms with Gasteiger partial charge in [-0.05, 0) is 20.9 Å². The van der Waals surface area contributed by atoms with Gasteiger partial charge in [0.05, 0.1) is 5.54 Å². The Kier molecular flexibility index (Phi) is 5.16. The molecule has 0 aromatic heterocycles. The van der Waals surface area contributed by atoms with Gasteiger partial charge in [0, 0.05) is 13.1 Å². The molecule has 0 atom stereocenters. The molecule has 0 aromatic carbocycles. The molecule has 0 aliphatic rings. The number of carbonyl (C=O) groups excluding carboxylic acids is 1. The zero-order chi connectivity index (χ0) is 11.2. The fraction of sp³-hybridized carbons (Fsp3) is 0.545. The van der Waals surface area contributed by atoms with E-state index in [-0.39, 0.29) is 5.91 Å². The third-order valence-corrected chi connectivity index (χ3v) is 2.15. The fourth-order valence-corrected chi connectivity index (χ4v) is 1.05. The van der Waals surface area contributed by atoms with Gasteiger partial charge in [-0.25, -0.2) is 0 Å². The lowest BCUT2D eigenvalue weighted by Gasteiger charge is -2.30. The number of carbonyl (C=O) groups is 1. The van der Waals surface area contributed by atoms with Crippen LogP contribution in [0.1, 0.15) is 13.8 Å². The first-order chi connectivity index (χ1) is 6.49. The zero-order valence-electron chi connectivity index (χ0n) is 9.34. The first kappa shape index (κ1) is 12.9. The van der Waals surface area contributed by atoms with E-state index < -0.39 is 5.54 Å². The number of hydrogen-bond acceptors (Lipinski definition) is 2. The Morgan fingerprint density at radius 3 is 2.07 bits per heavy atom. The molecule has 80 valence electrons. The van der Waals surface area contributed by atoms with Gasteiger partial charge < -0.3 is 10.2 Å². The average Bonchev–Trinajstić information content (AvgIpc) is 2.16. The quantitative estimate of drug-likeness (QED) is 0.647. The highest BCUT2D eigenvalue weighted by atomic mass is 16.2. The third kappa shape index (κ3) is 3.34. The number of hydrogen-bond donors (Lipinski definition) is 1. The van der Waals surface area contributed by atoms with Crippen molar-refractivity contribution in [3.8, 4) is 0 Å². The van der Waals surface area contributed by atoms with Crippen molar-refractivity contribution in [1.29, 1.82) is 0 Å². The standard InChI is InChI=1S/C11H20N2O/c1-6-8-13(9-7-2)10(14)11(3,4)12-5/h6-7,12H,1-2,8-9H2,3-5H3. The topological polar surface area (TPSA) is 32.3 Å². The van der Waals surface area contributed by atoms with Crippen LogP contribution < -0.4 is 5.32 Å². The average molecular weight is 196 g/mol. The van der Waals surface area contributed by atoms with Crippen LogP contribution in [0.3, 0.4) is 0 Å². The van der Waals surface area contributed by atoms with Crippen molar-refractivity contribution in [2.75, 3.05) is 20.1 Å². The van der Waals surface area contributed by atoms with Crippen LogP contribution in [0.25, 0.3) is 0 Å². The lowest BCUT2D eigenvalue weighted by Crippen LogP contribution is -2.52. The largest absolute Gasteiger partial charge is 0.334 e. The van der Waals surface area contributed by atoms with Gasteiger partial charge in [0.15, 0.2) is 0 Å². The molecule has 0 unspecified atom stereocenters. The molecule has 0 saturated heterocycles. The normalized spacial score (nSPS) is 10.8. The van der Waals surface area contributed by atoms with Crippen LogP contribution in [0, 0.1) is 0 Å². The second-order valence-electron chi connectivity index (χ2n) is 3.66. The Bertz CT molecular complexity index is 211. The van der Waals surface area contributed by atoms with Gasteiger partial charge in [0.1, 0.15) is 0 Å². The third-order valence-electron chi connectivity index (χ3n) is 2.15. The summed E-state index contributed by atoms with van der Waals surface area (Å²) in [6, 6.07) is 0. The van der Waals surface area contributed by atoms with E-state index in [9.17, 15) is 4.79 Å². The minimum atomic E-state index is -0.536. The molecule has 1 amide bonds. The monoisotopic (exact) mass is 196 g/mol. The smallest absolute Gasteiger partial charge is 0.242 e. The van der Waals surface area contributed by atoms with Crippen molar-refractivity contribution in [2.24, 2.45) is 0 Å². The summed E-state index contributed by atoms with van der Waals surface area (Å²) < 4.78 is 0. The van der Waals surface area contributed by atoms with Crippen molar-refractivity contribution >= 4 is 5.91 Å². The molecule has 14 heavy (non-hydrogen) atoms. The van der Waals surface area contributed by atoms with Crippen molar-refractivity contribution in [2.45, 2.75) is 19.4 Å². The van der Waals surface area contributed by atoms with E-state index in [4.69, 9.17) is 0 Å². The molecule has 3 heteroatoms. The molecule has 0 heterocycles. The second-order valence-corrected chi connectivity index (χ2v) is 3.66. The maximum absolute atomic E-state index is 11.9. The summed E-state index contributed by atoms with van der Waals surface area (Å²) in [7, 11) is 1.78. The molecule has 1 N–H and O–H groups in total. The van der Waals surface area contributed by atoms with Gasteiger partial charge in [-0.3, -0.25) is 4.79 Å². The van der Waals surface area contributed by atoms with Gasteiger partial charge in [-0.15, -0.1) is 13.2 Å². The van der Waals surface area contributed by atoms with Gasteiger partial charge in [0.25, 0.3) is 0 Å². The predicted molar refractivity (Wildman–Crippen MR) is 60.1 cm³/mol. The molecule has 0 rings (SSSR count). The highest BCUT2D eigenvalue weighted by molar-refractivity contribution is 5.85. The summed E-state index contributed by atoms with van der Waals surface area (Å²) in [6.45, 7) is 12.1. The van der Waals surface area contributed by atoms with Crippen molar-refractivity contribution in [3.63, 3.8) is 0 Å². The Morgan fingerprint density at radius 1 is 1.36 bits per heavy atom. The van der Waals surface area contributed by atoms with E-state index >= 15 is 0 Å². The molecule has 0 aliphatic carbocycles. The molecule has 0 aliphatic heterocycles. The molecular formula is C11H20N2O. The lowest BCUT2D eigenvalue weighted by molar-refractivity contribution is -0.135. The number of nitrogens with zero attached hydrogens (tertiary/aromatic N) is 1. The van der Waals surface area contributed by atoms with E-state index in [1.54, 1.807) is 24.1 Å². The molecular weight excluding hydrogens is 176 g/mol. The first-order valence-corrected chi connectivity index (χ1v) is 4.69. The number of amides is 1. The molecule has 3 nitrogen and oxygen atoms in total. The summed E-state index contributed by atoms with van der Waals surface area (Å²) in [4.78, 5) is 13.6. The molecule has 0 spiro atoms. The number of rotatable bonds is 6. The highest BCUT2D eigenvalue weighted by Crippen LogP contribution is 2.07. The van der Waals surface area contributed by atoms with E-state index in [2.05, 4.69) is 18.5 Å². The van der Waals surface area contributed by atoms with Crippen LogP contribution in [0.2, 0.25) is 0 Å². The Morgan fingerprint density at radius 2 is 1.79 bits per heavy atom. The van der Waals surface area contributed by atoms with Crippen LogP contribution in [-0.4, -0.2) is 36.5 Å². The Balaban J connectivity index is 4.56. The van der Waals surface area contributed by atoms with E-state index in [1.807, 2.05) is 13.8 Å². The number of likely N-dealkylation sites (N-methyl/N-ethyl adjacent to an activating group) is 1. The van der Waals surface area contributed by atoms with Crippen LogP contribution >= 0.6 is 0 Å². The summed E-state index contributed by atoms with van der Waals surface area (Å²) in [5.41, 5.74) is -0.536. The Hall–Kier alpha value is -1.09. The fourth-order valence-electron chi connectivity index (χ4n) is 1.05. The minimum Gasteiger partial charge on any atom is -0.334 e. The van der Waals surface area contributed by atoms with Gasteiger partial charge in [-0.1, -0.05) is 12.2 Å². The van der Waals surface area contributed by atoms with Crippen molar-refractivity contribution in [3.05, 3.63) is 25.3 Å². The van der Waals surface area contributed by atoms with Gasteiger partial charge >= 0.3 is 0 Å². The Labute approximate surface area is 86.5 Å². The highest BCUT2D eigenvalue weighted by Gasteiger charge is 2.28. The molecule has 0 bridgehead atoms. The van der Waals surface area contributed by atoms with Gasteiger partial charge in [0.2, 0.25) is 5.91 Å². The van der Waals surface area contributed by atoms with Crippen LogP contribution in [0.15, 0.2) is 25.3 Å². The summed E-state index contributed by atoms with van der Waals surface area (Å²) >= 11 is 0. The SMILES string of the molecule is C=CCN(CC=C)C(=O)C(C)(C)NC. The van der Waals surface area contributed by atoms with E-state index in [0.29, 0.717) is 13.1 Å². The first-order valence-electron chi connectivity index (χ1n) is 4.69. The minimum absolute atomic E-state index is 0.0554. The lowest BCUT2D eigenvalue weighted by atomic mass is 10.0. The van der Waals surface area contributed by atoms with Crippen LogP contribution in [-0.2, 0) is 4.79 Å². The van der Waals surface area contributed by atoms with E-state index in [0.717, 1.165) is 0 Å². The predicted octanol–water partition coefficient (Wildman–Crippen LogP) is 1.18.